The number of imidazole rings is 1. The van der Waals surface area contributed by atoms with Crippen molar-refractivity contribution in [2.45, 2.75) is 44.6 Å². The molecule has 0 unspecified atom stereocenters. The topological polar surface area (TPSA) is 55.1 Å². The van der Waals surface area contributed by atoms with E-state index in [-0.39, 0.29) is 6.42 Å². The van der Waals surface area contributed by atoms with Crippen molar-refractivity contribution < 1.29 is 9.90 Å². The largest absolute Gasteiger partial charge is 0.481 e. The number of rotatable bonds is 6. The predicted molar refractivity (Wildman–Crippen MR) is 73.2 cm³/mol. The van der Waals surface area contributed by atoms with Crippen LogP contribution in [-0.2, 0) is 11.2 Å². The van der Waals surface area contributed by atoms with Crippen molar-refractivity contribution in [1.29, 1.82) is 0 Å². The Morgan fingerprint density at radius 1 is 1.37 bits per heavy atom. The predicted octanol–water partition coefficient (Wildman–Crippen LogP) is 3.17. The van der Waals surface area contributed by atoms with Crippen LogP contribution in [0.2, 0.25) is 0 Å². The molecular formula is C15H18N2O2. The molecule has 0 bridgehead atoms. The third-order valence-corrected chi connectivity index (χ3v) is 3.69. The number of hydrogen-bond donors (Lipinski definition) is 1. The minimum atomic E-state index is -0.710. The molecule has 3 rings (SSSR count). The Hall–Kier alpha value is -1.84. The maximum absolute atomic E-state index is 10.4. The van der Waals surface area contributed by atoms with E-state index in [1.165, 1.54) is 23.9 Å². The normalized spacial score (nSPS) is 14.9. The SMILES string of the molecule is O=C(O)CCCCc1ccc2c(c1)ncn2C1CC1. The molecule has 0 atom stereocenters. The van der Waals surface area contributed by atoms with E-state index in [1.54, 1.807) is 0 Å². The Kier molecular flexibility index (Phi) is 3.23. The number of hydrogen-bond acceptors (Lipinski definition) is 2. The first-order valence-electron chi connectivity index (χ1n) is 6.91. The number of carbonyl (C=O) groups is 1. The fourth-order valence-corrected chi connectivity index (χ4v) is 2.48. The summed E-state index contributed by atoms with van der Waals surface area (Å²) in [5.41, 5.74) is 3.53. The standard InChI is InChI=1S/C15H18N2O2/c18-15(19)4-2-1-3-11-5-8-14-13(9-11)16-10-17(14)12-6-7-12/h5,8-10,12H,1-4,6-7H2,(H,18,19). The zero-order valence-electron chi connectivity index (χ0n) is 10.9. The maximum Gasteiger partial charge on any atom is 0.303 e. The number of carboxylic acids is 1. The minimum Gasteiger partial charge on any atom is -0.481 e. The van der Waals surface area contributed by atoms with Gasteiger partial charge < -0.3 is 9.67 Å². The molecule has 1 aliphatic rings. The van der Waals surface area contributed by atoms with Gasteiger partial charge in [-0.1, -0.05) is 6.07 Å². The lowest BCUT2D eigenvalue weighted by Crippen LogP contribution is -1.95. The molecule has 1 N–H and O–H groups in total. The lowest BCUT2D eigenvalue weighted by molar-refractivity contribution is -0.137. The number of aryl methyl sites for hydroxylation is 1. The monoisotopic (exact) mass is 258 g/mol. The van der Waals surface area contributed by atoms with E-state index in [9.17, 15) is 4.79 Å². The van der Waals surface area contributed by atoms with Crippen molar-refractivity contribution in [1.82, 2.24) is 9.55 Å². The molecule has 0 amide bonds. The molecular weight excluding hydrogens is 240 g/mol. The number of aliphatic carboxylic acids is 1. The smallest absolute Gasteiger partial charge is 0.303 e. The van der Waals surface area contributed by atoms with Gasteiger partial charge in [0.15, 0.2) is 0 Å². The van der Waals surface area contributed by atoms with Crippen LogP contribution in [0.15, 0.2) is 24.5 Å². The molecule has 0 aliphatic heterocycles. The highest BCUT2D eigenvalue weighted by molar-refractivity contribution is 5.76. The molecule has 1 saturated carbocycles. The number of aromatic nitrogens is 2. The average Bonchev–Trinajstić information content (AvgIpc) is 3.15. The van der Waals surface area contributed by atoms with Gasteiger partial charge in [-0.25, -0.2) is 4.98 Å². The molecule has 1 aliphatic carbocycles. The maximum atomic E-state index is 10.4. The summed E-state index contributed by atoms with van der Waals surface area (Å²) in [5.74, 6) is -0.710. The highest BCUT2D eigenvalue weighted by Crippen LogP contribution is 2.37. The van der Waals surface area contributed by atoms with E-state index in [0.717, 1.165) is 24.8 Å². The van der Waals surface area contributed by atoms with Gasteiger partial charge in [-0.15, -0.1) is 0 Å². The molecule has 0 spiro atoms. The summed E-state index contributed by atoms with van der Waals surface area (Å²) in [6.45, 7) is 0. The van der Waals surface area contributed by atoms with Crippen LogP contribution in [0.3, 0.4) is 0 Å². The van der Waals surface area contributed by atoms with Crippen LogP contribution in [0, 0.1) is 0 Å². The molecule has 100 valence electrons. The summed E-state index contributed by atoms with van der Waals surface area (Å²) in [6, 6.07) is 7.08. The Morgan fingerprint density at radius 2 is 2.21 bits per heavy atom. The highest BCUT2D eigenvalue weighted by Gasteiger charge is 2.24. The molecule has 0 saturated heterocycles. The van der Waals surface area contributed by atoms with Crippen molar-refractivity contribution in [3.8, 4) is 0 Å². The van der Waals surface area contributed by atoms with E-state index < -0.39 is 5.97 Å². The molecule has 4 nitrogen and oxygen atoms in total. The second-order valence-corrected chi connectivity index (χ2v) is 5.31. The molecule has 1 aromatic heterocycles. The number of benzene rings is 1. The summed E-state index contributed by atoms with van der Waals surface area (Å²) in [4.78, 5) is 14.9. The number of fused-ring (bicyclic) bond motifs is 1. The van der Waals surface area contributed by atoms with Crippen LogP contribution in [0.4, 0.5) is 0 Å². The van der Waals surface area contributed by atoms with Crippen molar-refractivity contribution in [3.63, 3.8) is 0 Å². The van der Waals surface area contributed by atoms with E-state index in [1.807, 2.05) is 6.33 Å². The molecule has 1 aromatic carbocycles. The molecule has 19 heavy (non-hydrogen) atoms. The van der Waals surface area contributed by atoms with Gasteiger partial charge in [-0.05, 0) is 49.8 Å². The minimum absolute atomic E-state index is 0.262. The summed E-state index contributed by atoms with van der Waals surface area (Å²) in [7, 11) is 0. The van der Waals surface area contributed by atoms with Crippen LogP contribution in [0.5, 0.6) is 0 Å². The quantitative estimate of drug-likeness (QED) is 0.810. The van der Waals surface area contributed by atoms with Gasteiger partial charge in [-0.3, -0.25) is 4.79 Å². The van der Waals surface area contributed by atoms with Gasteiger partial charge in [0.05, 0.1) is 17.4 Å². The molecule has 1 heterocycles. The third-order valence-electron chi connectivity index (χ3n) is 3.69. The summed E-state index contributed by atoms with van der Waals surface area (Å²) in [6.07, 6.45) is 7.32. The van der Waals surface area contributed by atoms with Gasteiger partial charge in [0.25, 0.3) is 0 Å². The molecule has 4 heteroatoms. The lowest BCUT2D eigenvalue weighted by Gasteiger charge is -2.03. The average molecular weight is 258 g/mol. The Morgan fingerprint density at radius 3 is 2.95 bits per heavy atom. The second-order valence-electron chi connectivity index (χ2n) is 5.31. The van der Waals surface area contributed by atoms with Gasteiger partial charge >= 0.3 is 5.97 Å². The van der Waals surface area contributed by atoms with Crippen LogP contribution < -0.4 is 0 Å². The van der Waals surface area contributed by atoms with Gasteiger partial charge in [0.2, 0.25) is 0 Å². The van der Waals surface area contributed by atoms with E-state index in [2.05, 4.69) is 27.8 Å². The summed E-state index contributed by atoms with van der Waals surface area (Å²) >= 11 is 0. The first-order chi connectivity index (χ1) is 9.24. The first kappa shape index (κ1) is 12.2. The van der Waals surface area contributed by atoms with Gasteiger partial charge in [0, 0.05) is 12.5 Å². The van der Waals surface area contributed by atoms with Crippen LogP contribution in [0.1, 0.15) is 43.7 Å². The Bertz CT molecular complexity index is 599. The summed E-state index contributed by atoms with van der Waals surface area (Å²) < 4.78 is 2.27. The number of unbranched alkanes of at least 4 members (excludes halogenated alkanes) is 1. The fourth-order valence-electron chi connectivity index (χ4n) is 2.48. The zero-order valence-corrected chi connectivity index (χ0v) is 10.9. The zero-order chi connectivity index (χ0) is 13.2. The molecule has 1 fully saturated rings. The fraction of sp³-hybridized carbons (Fsp3) is 0.467. The first-order valence-corrected chi connectivity index (χ1v) is 6.91. The Labute approximate surface area is 112 Å². The second kappa shape index (κ2) is 5.03. The highest BCUT2D eigenvalue weighted by atomic mass is 16.4. The van der Waals surface area contributed by atoms with Gasteiger partial charge in [0.1, 0.15) is 0 Å². The Balaban J connectivity index is 1.66. The molecule has 0 radical (unpaired) electrons. The van der Waals surface area contributed by atoms with Crippen molar-refractivity contribution in [2.75, 3.05) is 0 Å². The number of carboxylic acid groups (broad SMARTS) is 1. The third kappa shape index (κ3) is 2.78. The van der Waals surface area contributed by atoms with E-state index >= 15 is 0 Å². The van der Waals surface area contributed by atoms with Crippen LogP contribution >= 0.6 is 0 Å². The van der Waals surface area contributed by atoms with Crippen LogP contribution in [-0.4, -0.2) is 20.6 Å². The molecule has 2 aromatic rings. The van der Waals surface area contributed by atoms with E-state index in [4.69, 9.17) is 5.11 Å². The van der Waals surface area contributed by atoms with Crippen molar-refractivity contribution in [2.24, 2.45) is 0 Å². The van der Waals surface area contributed by atoms with Crippen molar-refractivity contribution >= 4 is 17.0 Å². The van der Waals surface area contributed by atoms with Crippen LogP contribution in [0.25, 0.3) is 11.0 Å². The van der Waals surface area contributed by atoms with Crippen molar-refractivity contribution in [3.05, 3.63) is 30.1 Å². The van der Waals surface area contributed by atoms with Gasteiger partial charge in [-0.2, -0.15) is 0 Å². The number of nitrogens with zero attached hydrogens (tertiary/aromatic N) is 2. The lowest BCUT2D eigenvalue weighted by atomic mass is 10.1. The summed E-state index contributed by atoms with van der Waals surface area (Å²) in [5, 5.41) is 8.60. The van der Waals surface area contributed by atoms with E-state index in [0.29, 0.717) is 6.04 Å².